The predicted octanol–water partition coefficient (Wildman–Crippen LogP) is 0.749. The minimum Gasteiger partial charge on any atom is -0.508 e. The Hall–Kier alpha value is -5.32. The summed E-state index contributed by atoms with van der Waals surface area (Å²) < 4.78 is 21.4. The lowest BCUT2D eigenvalue weighted by molar-refractivity contribution is -0.311. The lowest BCUT2D eigenvalue weighted by Gasteiger charge is -2.41. The smallest absolute Gasteiger partial charge is 0.333 e. The minimum atomic E-state index is -2.17. The molecule has 6 atom stereocenters. The van der Waals surface area contributed by atoms with Crippen LogP contribution in [0.5, 0.6) is 34.5 Å². The van der Waals surface area contributed by atoms with Crippen LogP contribution in [0.3, 0.4) is 0 Å². The highest BCUT2D eigenvalue weighted by atomic mass is 16.7. The summed E-state index contributed by atoms with van der Waals surface area (Å²) in [6.07, 6.45) is -9.46. The molecule has 1 aromatic heterocycles. The second-order valence-electron chi connectivity index (χ2n) is 9.94. The van der Waals surface area contributed by atoms with Gasteiger partial charge in [-0.1, -0.05) is 12.1 Å². The van der Waals surface area contributed by atoms with E-state index in [2.05, 4.69) is 0 Å². The Morgan fingerprint density at radius 2 is 1.56 bits per heavy atom. The topological polar surface area (TPSA) is 257 Å². The summed E-state index contributed by atoms with van der Waals surface area (Å²) >= 11 is 0. The average Bonchev–Trinajstić information content (AvgIpc) is 3.00. The Morgan fingerprint density at radius 3 is 2.24 bits per heavy atom. The quantitative estimate of drug-likeness (QED) is 0.0593. The van der Waals surface area contributed by atoms with E-state index in [1.165, 1.54) is 36.4 Å². The number of ether oxygens (including phenoxy) is 3. The first kappa shape index (κ1) is 31.1. The largest absolute Gasteiger partial charge is 0.508 e. The second kappa shape index (κ2) is 12.4. The van der Waals surface area contributed by atoms with Crippen LogP contribution in [0.1, 0.15) is 5.56 Å². The van der Waals surface area contributed by atoms with Crippen molar-refractivity contribution in [2.24, 2.45) is 0 Å². The summed E-state index contributed by atoms with van der Waals surface area (Å²) in [5.41, 5.74) is -0.898. The summed E-state index contributed by atoms with van der Waals surface area (Å²) in [6.45, 7) is 0. The van der Waals surface area contributed by atoms with Crippen LogP contribution in [-0.4, -0.2) is 88.9 Å². The summed E-state index contributed by atoms with van der Waals surface area (Å²) in [5.74, 6) is -4.51. The van der Waals surface area contributed by atoms with Gasteiger partial charge in [0.1, 0.15) is 46.5 Å². The zero-order valence-electron chi connectivity index (χ0n) is 22.8. The molecule has 5 rings (SSSR count). The fourth-order valence-electron chi connectivity index (χ4n) is 4.51. The number of hydrogen-bond donors (Lipinski definition) is 9. The van der Waals surface area contributed by atoms with Crippen molar-refractivity contribution >= 4 is 23.0 Å². The summed E-state index contributed by atoms with van der Waals surface area (Å²) in [7, 11) is 0. The SMILES string of the molecule is O=C(/C=C/c1ccc(O)cc1)OC(O)[C@H]1O[C@@H](Oc2cc(O)c3c(=O)c(O)c(-c4ccc(O)c(O)c4)oc3c2)[C@H](O)[C@@H](O)[C@@H]1O. The zero-order valence-corrected chi connectivity index (χ0v) is 22.8. The number of carbonyl (C=O) groups is 1. The Bertz CT molecular complexity index is 1810. The van der Waals surface area contributed by atoms with Crippen LogP contribution < -0.4 is 10.2 Å². The second-order valence-corrected chi connectivity index (χ2v) is 9.94. The number of hydrogen-bond acceptors (Lipinski definition) is 15. The van der Waals surface area contributed by atoms with Gasteiger partial charge in [-0.05, 0) is 42.0 Å². The van der Waals surface area contributed by atoms with Crippen LogP contribution in [-0.2, 0) is 14.3 Å². The van der Waals surface area contributed by atoms with E-state index in [0.717, 1.165) is 30.3 Å². The van der Waals surface area contributed by atoms with E-state index in [1.807, 2.05) is 0 Å². The lowest BCUT2D eigenvalue weighted by atomic mass is 9.98. The molecule has 45 heavy (non-hydrogen) atoms. The predicted molar refractivity (Wildman–Crippen MR) is 151 cm³/mol. The third-order valence-corrected chi connectivity index (χ3v) is 6.84. The molecule has 2 heterocycles. The third kappa shape index (κ3) is 6.33. The molecule has 0 aliphatic carbocycles. The van der Waals surface area contributed by atoms with E-state index in [1.54, 1.807) is 0 Å². The molecular formula is C30H26O15. The van der Waals surface area contributed by atoms with Crippen molar-refractivity contribution < 1.29 is 69.4 Å². The van der Waals surface area contributed by atoms with Gasteiger partial charge in [-0.2, -0.15) is 0 Å². The number of aliphatic hydroxyl groups excluding tert-OH is 4. The number of esters is 1. The molecule has 236 valence electrons. The molecule has 15 nitrogen and oxygen atoms in total. The fraction of sp³-hybridized carbons (Fsp3) is 0.200. The summed E-state index contributed by atoms with van der Waals surface area (Å²) in [6, 6.07) is 11.1. The lowest BCUT2D eigenvalue weighted by Crippen LogP contribution is -2.62. The molecule has 1 saturated heterocycles. The number of phenols is 4. The highest BCUT2D eigenvalue weighted by Crippen LogP contribution is 2.38. The normalized spacial score (nSPS) is 22.4. The first-order valence-electron chi connectivity index (χ1n) is 13.1. The number of aromatic hydroxyl groups is 5. The van der Waals surface area contributed by atoms with Gasteiger partial charge in [0.15, 0.2) is 23.4 Å². The van der Waals surface area contributed by atoms with E-state index in [-0.39, 0.29) is 22.6 Å². The molecule has 0 saturated carbocycles. The van der Waals surface area contributed by atoms with Gasteiger partial charge in [0.2, 0.25) is 23.8 Å². The molecular weight excluding hydrogens is 600 g/mol. The number of fused-ring (bicyclic) bond motifs is 1. The Balaban J connectivity index is 1.38. The van der Waals surface area contributed by atoms with Gasteiger partial charge in [0.25, 0.3) is 0 Å². The maximum absolute atomic E-state index is 12.8. The number of phenolic OH excluding ortho intramolecular Hbond substituents is 4. The Kier molecular flexibility index (Phi) is 8.54. The third-order valence-electron chi connectivity index (χ3n) is 6.84. The molecule has 0 bridgehead atoms. The van der Waals surface area contributed by atoms with Crippen LogP contribution in [0.15, 0.2) is 69.9 Å². The number of carbonyl (C=O) groups excluding carboxylic acids is 1. The first-order valence-corrected chi connectivity index (χ1v) is 13.1. The molecule has 0 radical (unpaired) electrons. The van der Waals surface area contributed by atoms with Gasteiger partial charge >= 0.3 is 5.97 Å². The maximum atomic E-state index is 12.8. The molecule has 0 amide bonds. The first-order chi connectivity index (χ1) is 21.3. The summed E-state index contributed by atoms with van der Waals surface area (Å²) in [5, 5.41) is 91.0. The molecule has 15 heteroatoms. The Morgan fingerprint density at radius 1 is 0.844 bits per heavy atom. The van der Waals surface area contributed by atoms with Crippen LogP contribution in [0, 0.1) is 0 Å². The monoisotopic (exact) mass is 626 g/mol. The molecule has 1 unspecified atom stereocenters. The molecule has 0 spiro atoms. The van der Waals surface area contributed by atoms with Gasteiger partial charge in [0.05, 0.1) is 0 Å². The van der Waals surface area contributed by atoms with Crippen molar-refractivity contribution in [3.05, 3.63) is 76.5 Å². The van der Waals surface area contributed by atoms with Crippen molar-refractivity contribution in [1.82, 2.24) is 0 Å². The van der Waals surface area contributed by atoms with Gasteiger partial charge in [-0.3, -0.25) is 4.79 Å². The van der Waals surface area contributed by atoms with Crippen molar-refractivity contribution in [2.45, 2.75) is 37.0 Å². The van der Waals surface area contributed by atoms with Crippen molar-refractivity contribution in [2.75, 3.05) is 0 Å². The van der Waals surface area contributed by atoms with Gasteiger partial charge in [-0.25, -0.2) is 4.79 Å². The van der Waals surface area contributed by atoms with Crippen LogP contribution in [0.4, 0.5) is 0 Å². The molecule has 3 aromatic carbocycles. The van der Waals surface area contributed by atoms with Crippen molar-refractivity contribution in [3.8, 4) is 45.8 Å². The average molecular weight is 627 g/mol. The standard InChI is InChI=1S/C30H26O15/c31-14-5-1-12(2-6-14)3-8-20(35)44-29(41)28-25(39)23(37)26(40)30(45-28)42-15-10-18(34)21-19(11-15)43-27(24(38)22(21)36)13-4-7-16(32)17(33)9-13/h1-11,23,25-26,28-34,37-41H/b8-3+/t23-,25-,26+,28-,29?,30+/m0/s1. The van der Waals surface area contributed by atoms with E-state index in [9.17, 15) is 55.5 Å². The zero-order chi connectivity index (χ0) is 32.6. The summed E-state index contributed by atoms with van der Waals surface area (Å²) in [4.78, 5) is 25.1. The fourth-order valence-corrected chi connectivity index (χ4v) is 4.51. The van der Waals surface area contributed by atoms with E-state index >= 15 is 0 Å². The maximum Gasteiger partial charge on any atom is 0.333 e. The highest BCUT2D eigenvalue weighted by Gasteiger charge is 2.48. The molecule has 1 aliphatic heterocycles. The molecule has 9 N–H and O–H groups in total. The van der Waals surface area contributed by atoms with Crippen molar-refractivity contribution in [3.63, 3.8) is 0 Å². The van der Waals surface area contributed by atoms with E-state index in [0.29, 0.717) is 5.56 Å². The molecule has 1 fully saturated rings. The number of benzene rings is 3. The van der Waals surface area contributed by atoms with Gasteiger partial charge < -0.3 is 64.6 Å². The minimum absolute atomic E-state index is 0.00818. The molecule has 4 aromatic rings. The van der Waals surface area contributed by atoms with Gasteiger partial charge in [0, 0.05) is 23.8 Å². The van der Waals surface area contributed by atoms with Crippen LogP contribution in [0.25, 0.3) is 28.4 Å². The molecule has 1 aliphatic rings. The number of aliphatic hydroxyl groups is 4. The van der Waals surface area contributed by atoms with Crippen LogP contribution >= 0.6 is 0 Å². The number of rotatable bonds is 7. The van der Waals surface area contributed by atoms with Crippen LogP contribution in [0.2, 0.25) is 0 Å². The van der Waals surface area contributed by atoms with E-state index in [4.69, 9.17) is 18.6 Å². The Labute approximate surface area is 251 Å². The highest BCUT2D eigenvalue weighted by molar-refractivity contribution is 5.88. The van der Waals surface area contributed by atoms with Gasteiger partial charge in [-0.15, -0.1) is 0 Å². The van der Waals surface area contributed by atoms with E-state index < -0.39 is 82.5 Å². The van der Waals surface area contributed by atoms with Crippen molar-refractivity contribution in [1.29, 1.82) is 0 Å².